The van der Waals surface area contributed by atoms with Gasteiger partial charge in [-0.25, -0.2) is 9.50 Å². The minimum absolute atomic E-state index is 0.102. The van der Waals surface area contributed by atoms with Gasteiger partial charge < -0.3 is 10.1 Å². The molecule has 4 rings (SSSR count). The summed E-state index contributed by atoms with van der Waals surface area (Å²) in [5.41, 5.74) is 4.90. The van der Waals surface area contributed by atoms with Gasteiger partial charge in [-0.2, -0.15) is 10.1 Å². The van der Waals surface area contributed by atoms with Crippen molar-refractivity contribution in [1.29, 1.82) is 0 Å². The van der Waals surface area contributed by atoms with E-state index in [4.69, 9.17) is 4.74 Å². The van der Waals surface area contributed by atoms with Crippen LogP contribution in [-0.4, -0.2) is 31.5 Å². The van der Waals surface area contributed by atoms with E-state index >= 15 is 0 Å². The lowest BCUT2D eigenvalue weighted by atomic mass is 10.1. The van der Waals surface area contributed by atoms with E-state index in [1.54, 1.807) is 28.8 Å². The number of benzene rings is 2. The second kappa shape index (κ2) is 9.60. The summed E-state index contributed by atoms with van der Waals surface area (Å²) in [5, 5.41) is 7.02. The van der Waals surface area contributed by atoms with Crippen molar-refractivity contribution >= 4 is 23.3 Å². The maximum absolute atomic E-state index is 13.0. The van der Waals surface area contributed by atoms with E-state index in [1.807, 2.05) is 51.1 Å². The van der Waals surface area contributed by atoms with Gasteiger partial charge >= 0.3 is 5.97 Å². The molecule has 168 valence electrons. The summed E-state index contributed by atoms with van der Waals surface area (Å²) in [6, 6.07) is 16.4. The van der Waals surface area contributed by atoms with E-state index < -0.39 is 18.0 Å². The van der Waals surface area contributed by atoms with E-state index in [0.29, 0.717) is 23.4 Å². The Morgan fingerprint density at radius 2 is 1.76 bits per heavy atom. The van der Waals surface area contributed by atoms with Crippen molar-refractivity contribution in [2.24, 2.45) is 0 Å². The van der Waals surface area contributed by atoms with Gasteiger partial charge in [-0.3, -0.25) is 9.59 Å². The van der Waals surface area contributed by atoms with Crippen molar-refractivity contribution in [3.63, 3.8) is 0 Å². The number of carbonyl (C=O) groups is 2. The predicted molar refractivity (Wildman–Crippen MR) is 124 cm³/mol. The number of aryl methyl sites for hydroxylation is 3. The highest BCUT2D eigenvalue weighted by molar-refractivity contribution is 5.96. The first-order chi connectivity index (χ1) is 15.9. The fourth-order valence-electron chi connectivity index (χ4n) is 3.68. The van der Waals surface area contributed by atoms with Crippen LogP contribution in [0.3, 0.4) is 0 Å². The van der Waals surface area contributed by atoms with Crippen molar-refractivity contribution in [3.05, 3.63) is 89.0 Å². The molecule has 4 aromatic rings. The molecule has 0 saturated heterocycles. The Morgan fingerprint density at radius 3 is 2.48 bits per heavy atom. The third-order valence-electron chi connectivity index (χ3n) is 5.48. The smallest absolute Gasteiger partial charge is 0.307 e. The van der Waals surface area contributed by atoms with E-state index in [-0.39, 0.29) is 6.42 Å². The summed E-state index contributed by atoms with van der Waals surface area (Å²) in [7, 11) is 0. The van der Waals surface area contributed by atoms with Crippen LogP contribution in [0.4, 0.5) is 5.69 Å². The zero-order valence-corrected chi connectivity index (χ0v) is 18.8. The fourth-order valence-corrected chi connectivity index (χ4v) is 3.68. The van der Waals surface area contributed by atoms with Crippen LogP contribution in [0.2, 0.25) is 0 Å². The number of nitrogens with one attached hydrogen (secondary N) is 1. The third kappa shape index (κ3) is 5.06. The van der Waals surface area contributed by atoms with Crippen molar-refractivity contribution < 1.29 is 14.3 Å². The molecule has 2 heterocycles. The number of hydrogen-bond donors (Lipinski definition) is 1. The highest BCUT2D eigenvalue weighted by atomic mass is 16.5. The molecule has 1 N–H and O–H groups in total. The van der Waals surface area contributed by atoms with Gasteiger partial charge in [0.1, 0.15) is 6.33 Å². The molecule has 0 saturated carbocycles. The first-order valence-corrected chi connectivity index (χ1v) is 10.7. The van der Waals surface area contributed by atoms with Crippen molar-refractivity contribution in [2.75, 3.05) is 5.32 Å². The number of nitrogens with zero attached hydrogens (tertiary/aromatic N) is 4. The molecule has 8 heteroatoms. The van der Waals surface area contributed by atoms with E-state index in [1.165, 1.54) is 6.33 Å². The lowest BCUT2D eigenvalue weighted by Gasteiger charge is -2.18. The van der Waals surface area contributed by atoms with Gasteiger partial charge in [-0.1, -0.05) is 48.0 Å². The summed E-state index contributed by atoms with van der Waals surface area (Å²) in [6.07, 6.45) is 0.910. The summed E-state index contributed by atoms with van der Waals surface area (Å²) in [5.74, 6) is -0.356. The summed E-state index contributed by atoms with van der Waals surface area (Å²) in [4.78, 5) is 34.3. The maximum Gasteiger partial charge on any atom is 0.307 e. The van der Waals surface area contributed by atoms with Gasteiger partial charge in [0.05, 0.1) is 0 Å². The van der Waals surface area contributed by atoms with Gasteiger partial charge in [0.15, 0.2) is 0 Å². The van der Waals surface area contributed by atoms with Gasteiger partial charge in [0.25, 0.3) is 11.7 Å². The number of hydrogen-bond acceptors (Lipinski definition) is 6. The Morgan fingerprint density at radius 1 is 1.03 bits per heavy atom. The number of carbonyl (C=O) groups excluding carboxylic acids is 2. The van der Waals surface area contributed by atoms with Crippen molar-refractivity contribution in [2.45, 2.75) is 39.7 Å². The topological polar surface area (TPSA) is 98.5 Å². The Labute approximate surface area is 191 Å². The lowest BCUT2D eigenvalue weighted by molar-refractivity contribution is -0.154. The molecule has 0 aliphatic rings. The van der Waals surface area contributed by atoms with Crippen LogP contribution in [-0.2, 0) is 20.7 Å². The van der Waals surface area contributed by atoms with Crippen LogP contribution >= 0.6 is 0 Å². The lowest BCUT2D eigenvalue weighted by Crippen LogP contribution is -2.26. The quantitative estimate of drug-likeness (QED) is 0.435. The van der Waals surface area contributed by atoms with Crippen LogP contribution in [0.1, 0.15) is 40.6 Å². The number of rotatable bonds is 7. The average Bonchev–Trinajstić information content (AvgIpc) is 3.28. The molecule has 1 atom stereocenters. The molecule has 0 bridgehead atoms. The molecular weight excluding hydrogens is 418 g/mol. The highest BCUT2D eigenvalue weighted by Gasteiger charge is 2.25. The second-order valence-electron chi connectivity index (χ2n) is 7.87. The molecule has 0 aliphatic heterocycles. The molecule has 2 aromatic heterocycles. The Hall–Kier alpha value is -4.07. The monoisotopic (exact) mass is 443 g/mol. The first-order valence-electron chi connectivity index (χ1n) is 10.7. The SMILES string of the molecule is Cc1ccc(NC(=O)C(OC(=O)CCc2c(C)nc3ncnn3c2C)c2ccccc2)cc1. The molecular formula is C25H25N5O3. The number of ether oxygens (including phenoxy) is 1. The summed E-state index contributed by atoms with van der Waals surface area (Å²) >= 11 is 0. The third-order valence-corrected chi connectivity index (χ3v) is 5.48. The Kier molecular flexibility index (Phi) is 6.44. The fraction of sp³-hybridized carbons (Fsp3) is 0.240. The zero-order valence-electron chi connectivity index (χ0n) is 18.8. The zero-order chi connectivity index (χ0) is 23.4. The minimum Gasteiger partial charge on any atom is -0.447 e. The van der Waals surface area contributed by atoms with E-state index in [0.717, 1.165) is 22.5 Å². The van der Waals surface area contributed by atoms with Gasteiger partial charge in [0.2, 0.25) is 6.10 Å². The molecule has 0 spiro atoms. The van der Waals surface area contributed by atoms with Gasteiger partial charge in [-0.05, 0) is 44.9 Å². The molecule has 0 fully saturated rings. The molecule has 8 nitrogen and oxygen atoms in total. The predicted octanol–water partition coefficient (Wildman–Crippen LogP) is 3.91. The first kappa shape index (κ1) is 22.1. The molecule has 0 radical (unpaired) electrons. The molecule has 0 aliphatic carbocycles. The van der Waals surface area contributed by atoms with Gasteiger partial charge in [-0.15, -0.1) is 0 Å². The summed E-state index contributed by atoms with van der Waals surface area (Å²) in [6.45, 7) is 5.77. The van der Waals surface area contributed by atoms with Crippen LogP contribution < -0.4 is 5.32 Å². The van der Waals surface area contributed by atoms with Gasteiger partial charge in [0, 0.05) is 29.1 Å². The number of fused-ring (bicyclic) bond motifs is 1. The number of aromatic nitrogens is 4. The Bertz CT molecular complexity index is 1280. The van der Waals surface area contributed by atoms with Crippen LogP contribution in [0.15, 0.2) is 60.9 Å². The molecule has 2 aromatic carbocycles. The number of esters is 1. The minimum atomic E-state index is -1.06. The second-order valence-corrected chi connectivity index (χ2v) is 7.87. The highest BCUT2D eigenvalue weighted by Crippen LogP contribution is 2.22. The largest absolute Gasteiger partial charge is 0.447 e. The summed E-state index contributed by atoms with van der Waals surface area (Å²) < 4.78 is 7.31. The molecule has 1 unspecified atom stereocenters. The number of amides is 1. The van der Waals surface area contributed by atoms with Crippen LogP contribution in [0, 0.1) is 20.8 Å². The molecule has 33 heavy (non-hydrogen) atoms. The number of anilines is 1. The maximum atomic E-state index is 13.0. The van der Waals surface area contributed by atoms with Crippen molar-refractivity contribution in [3.8, 4) is 0 Å². The van der Waals surface area contributed by atoms with E-state index in [9.17, 15) is 9.59 Å². The standard InChI is InChI=1S/C25H25N5O3/c1-16-9-11-20(12-10-16)29-24(32)23(19-7-5-4-6-8-19)33-22(31)14-13-21-17(2)28-25-26-15-27-30(25)18(21)3/h4-12,15,23H,13-14H2,1-3H3,(H,29,32). The van der Waals surface area contributed by atoms with Crippen LogP contribution in [0.25, 0.3) is 5.78 Å². The van der Waals surface area contributed by atoms with Crippen molar-refractivity contribution in [1.82, 2.24) is 19.6 Å². The average molecular weight is 444 g/mol. The van der Waals surface area contributed by atoms with Crippen LogP contribution in [0.5, 0.6) is 0 Å². The molecule has 1 amide bonds. The van der Waals surface area contributed by atoms with E-state index in [2.05, 4.69) is 20.4 Å². The normalized spacial score (nSPS) is 11.8. The Balaban J connectivity index is 1.48.